The Morgan fingerprint density at radius 3 is 2.14 bits per heavy atom. The molecule has 1 heterocycles. The molecule has 0 unspecified atom stereocenters. The number of amides is 1. The van der Waals surface area contributed by atoms with Gasteiger partial charge in [-0.15, -0.1) is 0 Å². The van der Waals surface area contributed by atoms with Crippen LogP contribution in [-0.2, 0) is 42.9 Å². The normalized spacial score (nSPS) is 30.6. The maximum Gasteiger partial charge on any atom is 0.338 e. The van der Waals surface area contributed by atoms with Crippen LogP contribution < -0.4 is 10.1 Å². The van der Waals surface area contributed by atoms with Crippen LogP contribution in [0.4, 0.5) is 0 Å². The van der Waals surface area contributed by atoms with E-state index in [2.05, 4.69) is 5.32 Å². The van der Waals surface area contributed by atoms with Crippen LogP contribution in [0.3, 0.4) is 0 Å². The number of benzene rings is 3. The fourth-order valence-corrected chi connectivity index (χ4v) is 10.5. The monoisotopic (exact) mass is 911 g/mol. The van der Waals surface area contributed by atoms with E-state index >= 15 is 4.79 Å². The van der Waals surface area contributed by atoms with Crippen LogP contribution in [0.15, 0.2) is 96.1 Å². The number of hydrogen-bond acceptors (Lipinski definition) is 15. The van der Waals surface area contributed by atoms with Crippen LogP contribution >= 0.6 is 0 Å². The minimum absolute atomic E-state index is 0.00412. The number of esters is 4. The minimum Gasteiger partial charge on any atom is -0.494 e. The Hall–Kier alpha value is -5.94. The fraction of sp³-hybridized carbons (Fsp3) is 0.480. The molecule has 66 heavy (non-hydrogen) atoms. The van der Waals surface area contributed by atoms with Crippen molar-refractivity contribution in [1.29, 1.82) is 0 Å². The van der Waals surface area contributed by atoms with E-state index in [1.54, 1.807) is 86.6 Å². The topological polar surface area (TPSA) is 231 Å². The standard InChI is InChI=1S/C50H57NO15/c1-8-22-61-33-21-15-20-32(23-33)45(58)65-43-41-48(7,35(54)24-36-49(41,26-62-36)66-29(4)53)42(56)40(63-28(3)52)37-27(2)34(25-50(43,60)47(37,5)6)64-46(59)39(55)38(30-16-11-9-12-17-30)51-44(57)31-18-13-10-14-19-31/h9-21,23,34-36,38-41,43,54-55,60H,8,22,24-26H2,1-7H3,(H,51,57)/t34-,35-,36+,38-,39+,40+,41-,43-,48+,49-,50+/m0/s1. The Morgan fingerprint density at radius 2 is 1.53 bits per heavy atom. The van der Waals surface area contributed by atoms with Crippen molar-refractivity contribution in [1.82, 2.24) is 5.32 Å². The summed E-state index contributed by atoms with van der Waals surface area (Å²) in [5.74, 6) is -6.63. The van der Waals surface area contributed by atoms with E-state index in [0.717, 1.165) is 13.8 Å². The molecule has 0 aromatic heterocycles. The van der Waals surface area contributed by atoms with Crippen LogP contribution in [0.25, 0.3) is 0 Å². The van der Waals surface area contributed by atoms with Gasteiger partial charge in [-0.2, -0.15) is 0 Å². The third-order valence-corrected chi connectivity index (χ3v) is 14.0. The van der Waals surface area contributed by atoms with Crippen molar-refractivity contribution in [3.05, 3.63) is 113 Å². The summed E-state index contributed by atoms with van der Waals surface area (Å²) in [5.41, 5.74) is -7.27. The Labute approximate surface area is 382 Å². The van der Waals surface area contributed by atoms with Crippen molar-refractivity contribution in [3.63, 3.8) is 0 Å². The van der Waals surface area contributed by atoms with Gasteiger partial charge in [0.2, 0.25) is 0 Å². The van der Waals surface area contributed by atoms with E-state index < -0.39 is 113 Å². The summed E-state index contributed by atoms with van der Waals surface area (Å²) in [4.78, 5) is 84.3. The maximum absolute atomic E-state index is 15.6. The number of ether oxygens (including phenoxy) is 6. The molecule has 0 radical (unpaired) electrons. The molecule has 352 valence electrons. The summed E-state index contributed by atoms with van der Waals surface area (Å²) in [6, 6.07) is 21.2. The third-order valence-electron chi connectivity index (χ3n) is 14.0. The Bertz CT molecular complexity index is 2400. The van der Waals surface area contributed by atoms with E-state index in [1.807, 2.05) is 6.92 Å². The second kappa shape index (κ2) is 18.4. The molecule has 3 aliphatic carbocycles. The predicted octanol–water partition coefficient (Wildman–Crippen LogP) is 4.52. The number of rotatable bonds is 13. The van der Waals surface area contributed by atoms with Crippen LogP contribution in [0.2, 0.25) is 0 Å². The molecule has 3 aromatic carbocycles. The minimum atomic E-state index is -2.43. The summed E-state index contributed by atoms with van der Waals surface area (Å²) in [5, 5.41) is 40.6. The third kappa shape index (κ3) is 8.28. The molecule has 16 nitrogen and oxygen atoms in total. The number of nitrogens with one attached hydrogen (secondary N) is 1. The quantitative estimate of drug-likeness (QED) is 0.105. The molecule has 0 spiro atoms. The first kappa shape index (κ1) is 48.0. The molecule has 3 aromatic rings. The van der Waals surface area contributed by atoms with Gasteiger partial charge in [0.05, 0.1) is 42.3 Å². The summed E-state index contributed by atoms with van der Waals surface area (Å²) in [7, 11) is 0. The second-order valence-electron chi connectivity index (χ2n) is 18.4. The molecule has 1 saturated heterocycles. The number of aliphatic hydroxyl groups excluding tert-OH is 2. The van der Waals surface area contributed by atoms with Gasteiger partial charge in [-0.3, -0.25) is 19.2 Å². The lowest BCUT2D eigenvalue weighted by Crippen LogP contribution is -2.82. The highest BCUT2D eigenvalue weighted by Gasteiger charge is 2.78. The number of aliphatic hydroxyl groups is 3. The van der Waals surface area contributed by atoms with Crippen LogP contribution in [0, 0.1) is 16.7 Å². The largest absolute Gasteiger partial charge is 0.494 e. The van der Waals surface area contributed by atoms with Crippen molar-refractivity contribution in [2.24, 2.45) is 16.7 Å². The molecule has 16 heteroatoms. The van der Waals surface area contributed by atoms with Crippen molar-refractivity contribution >= 4 is 35.6 Å². The molecule has 1 aliphatic heterocycles. The molecule has 2 saturated carbocycles. The van der Waals surface area contributed by atoms with E-state index in [1.165, 1.54) is 26.0 Å². The first-order chi connectivity index (χ1) is 31.2. The van der Waals surface area contributed by atoms with Crippen LogP contribution in [-0.4, -0.2) is 112 Å². The van der Waals surface area contributed by atoms with Gasteiger partial charge in [0.15, 0.2) is 23.6 Å². The van der Waals surface area contributed by atoms with Gasteiger partial charge in [-0.05, 0) is 67.3 Å². The lowest BCUT2D eigenvalue weighted by molar-refractivity contribution is -0.346. The molecular formula is C50H57NO15. The Kier molecular flexibility index (Phi) is 13.4. The molecule has 11 atom stereocenters. The smallest absolute Gasteiger partial charge is 0.338 e. The molecule has 4 N–H and O–H groups in total. The van der Waals surface area contributed by atoms with E-state index in [4.69, 9.17) is 28.4 Å². The lowest BCUT2D eigenvalue weighted by atomic mass is 9.44. The Balaban J connectivity index is 1.39. The summed E-state index contributed by atoms with van der Waals surface area (Å²) >= 11 is 0. The molecular weight excluding hydrogens is 855 g/mol. The van der Waals surface area contributed by atoms with Gasteiger partial charge in [0, 0.05) is 37.7 Å². The number of Topliss-reactive ketones (excluding diaryl/α,β-unsaturated/α-hetero) is 1. The van der Waals surface area contributed by atoms with Gasteiger partial charge < -0.3 is 49.1 Å². The summed E-state index contributed by atoms with van der Waals surface area (Å²) in [6.45, 7) is 10.2. The summed E-state index contributed by atoms with van der Waals surface area (Å²) in [6.07, 6.45) is -10.0. The predicted molar refractivity (Wildman–Crippen MR) is 233 cm³/mol. The highest BCUT2D eigenvalue weighted by Crippen LogP contribution is 2.64. The molecule has 3 fully saturated rings. The first-order valence-corrected chi connectivity index (χ1v) is 22.1. The zero-order valence-corrected chi connectivity index (χ0v) is 38.0. The van der Waals surface area contributed by atoms with Crippen molar-refractivity contribution in [3.8, 4) is 5.75 Å². The highest BCUT2D eigenvalue weighted by atomic mass is 16.6. The van der Waals surface area contributed by atoms with Crippen molar-refractivity contribution in [2.45, 2.75) is 122 Å². The molecule has 2 bridgehead atoms. The average molecular weight is 912 g/mol. The first-order valence-electron chi connectivity index (χ1n) is 22.1. The number of hydrogen-bond donors (Lipinski definition) is 4. The van der Waals surface area contributed by atoms with E-state index in [0.29, 0.717) is 24.3 Å². The van der Waals surface area contributed by atoms with Gasteiger partial charge in [-0.25, -0.2) is 9.59 Å². The molecule has 4 aliphatic rings. The molecule has 1 amide bonds. The van der Waals surface area contributed by atoms with E-state index in [9.17, 15) is 39.3 Å². The highest BCUT2D eigenvalue weighted by molar-refractivity contribution is 5.96. The average Bonchev–Trinajstić information content (AvgIpc) is 3.28. The fourth-order valence-electron chi connectivity index (χ4n) is 10.5. The van der Waals surface area contributed by atoms with Gasteiger partial charge in [0.1, 0.15) is 29.7 Å². The number of fused-ring (bicyclic) bond motifs is 5. The molecule has 7 rings (SSSR count). The lowest BCUT2D eigenvalue weighted by Gasteiger charge is -2.67. The second-order valence-corrected chi connectivity index (χ2v) is 18.4. The zero-order chi connectivity index (χ0) is 47.9. The summed E-state index contributed by atoms with van der Waals surface area (Å²) < 4.78 is 36.3. The van der Waals surface area contributed by atoms with Gasteiger partial charge in [0.25, 0.3) is 5.91 Å². The number of carbonyl (C=O) groups excluding carboxylic acids is 6. The van der Waals surface area contributed by atoms with E-state index in [-0.39, 0.29) is 35.3 Å². The van der Waals surface area contributed by atoms with Crippen molar-refractivity contribution in [2.75, 3.05) is 13.2 Å². The van der Waals surface area contributed by atoms with Gasteiger partial charge >= 0.3 is 23.9 Å². The maximum atomic E-state index is 15.6. The van der Waals surface area contributed by atoms with Crippen LogP contribution in [0.5, 0.6) is 5.75 Å². The zero-order valence-electron chi connectivity index (χ0n) is 38.0. The number of ketones is 1. The van der Waals surface area contributed by atoms with Gasteiger partial charge in [-0.1, -0.05) is 75.4 Å². The Morgan fingerprint density at radius 1 is 0.879 bits per heavy atom. The SMILES string of the molecule is CCCOc1cccc(C(=O)O[C@H]2[C@@H]3[C@]4(OC(C)=O)CO[C@@H]4C[C@H](O)[C@@]3(C)C(=O)[C@H](OC(C)=O)C3=C(C)[C@@H](OC(=O)[C@H](O)[C@@H](NC(=O)c4ccccc4)c4ccccc4)C[C@]2(O)C3(C)C)c1. The number of carbonyl (C=O) groups is 6. The van der Waals surface area contributed by atoms with Crippen molar-refractivity contribution < 1.29 is 72.5 Å². The van der Waals surface area contributed by atoms with Crippen LogP contribution in [0.1, 0.15) is 100 Å².